The van der Waals surface area contributed by atoms with Crippen LogP contribution in [0.15, 0.2) is 28.7 Å². The fourth-order valence-corrected chi connectivity index (χ4v) is 3.10. The van der Waals surface area contributed by atoms with Crippen molar-refractivity contribution in [2.75, 3.05) is 0 Å². The first-order valence-corrected chi connectivity index (χ1v) is 7.56. The third kappa shape index (κ3) is 2.58. The van der Waals surface area contributed by atoms with Crippen molar-refractivity contribution in [3.05, 3.63) is 35.6 Å². The fraction of sp³-hybridized carbons (Fsp3) is 0.412. The van der Waals surface area contributed by atoms with Crippen molar-refractivity contribution in [2.24, 2.45) is 0 Å². The summed E-state index contributed by atoms with van der Waals surface area (Å²) < 4.78 is 5.55. The zero-order valence-corrected chi connectivity index (χ0v) is 12.5. The van der Waals surface area contributed by atoms with E-state index in [9.17, 15) is 14.7 Å². The number of benzene rings is 1. The number of furan rings is 1. The molecule has 5 heteroatoms. The molecule has 0 unspecified atom stereocenters. The third-order valence-corrected chi connectivity index (χ3v) is 4.36. The van der Waals surface area contributed by atoms with Gasteiger partial charge in [0, 0.05) is 5.39 Å². The lowest BCUT2D eigenvalue weighted by Gasteiger charge is -2.33. The lowest BCUT2D eigenvalue weighted by atomic mass is 9.81. The minimum absolute atomic E-state index is 0.159. The summed E-state index contributed by atoms with van der Waals surface area (Å²) >= 11 is 0. The molecule has 116 valence electrons. The Hall–Kier alpha value is -2.30. The van der Waals surface area contributed by atoms with Crippen LogP contribution in [0.5, 0.6) is 0 Å². The summed E-state index contributed by atoms with van der Waals surface area (Å²) in [5, 5.41) is 13.1. The molecule has 1 aliphatic rings. The van der Waals surface area contributed by atoms with Gasteiger partial charge in [-0.3, -0.25) is 4.79 Å². The molecule has 0 atom stereocenters. The highest BCUT2D eigenvalue weighted by Gasteiger charge is 2.41. The van der Waals surface area contributed by atoms with Gasteiger partial charge < -0.3 is 14.8 Å². The van der Waals surface area contributed by atoms with Crippen molar-refractivity contribution in [3.63, 3.8) is 0 Å². The zero-order valence-electron chi connectivity index (χ0n) is 12.5. The van der Waals surface area contributed by atoms with Gasteiger partial charge in [-0.15, -0.1) is 0 Å². The van der Waals surface area contributed by atoms with E-state index in [1.54, 1.807) is 6.07 Å². The van der Waals surface area contributed by atoms with Crippen molar-refractivity contribution in [1.82, 2.24) is 5.32 Å². The number of nitrogens with one attached hydrogen (secondary N) is 1. The van der Waals surface area contributed by atoms with Crippen LogP contribution in [0.25, 0.3) is 11.0 Å². The van der Waals surface area contributed by atoms with Gasteiger partial charge in [-0.25, -0.2) is 4.79 Å². The molecule has 1 aliphatic carbocycles. The van der Waals surface area contributed by atoms with E-state index >= 15 is 0 Å². The van der Waals surface area contributed by atoms with Crippen molar-refractivity contribution >= 4 is 22.8 Å². The Morgan fingerprint density at radius 3 is 2.59 bits per heavy atom. The summed E-state index contributed by atoms with van der Waals surface area (Å²) in [4.78, 5) is 24.0. The molecule has 1 aromatic heterocycles. The molecular formula is C17H19NO4. The second-order valence-electron chi connectivity index (χ2n) is 6.05. The average molecular weight is 301 g/mol. The first-order chi connectivity index (χ1) is 10.5. The molecule has 1 aromatic carbocycles. The summed E-state index contributed by atoms with van der Waals surface area (Å²) in [6.45, 7) is 1.97. The molecule has 1 saturated carbocycles. The molecule has 0 radical (unpaired) electrons. The van der Waals surface area contributed by atoms with Gasteiger partial charge in [-0.05, 0) is 38.0 Å². The van der Waals surface area contributed by atoms with Crippen LogP contribution in [-0.2, 0) is 4.79 Å². The van der Waals surface area contributed by atoms with E-state index in [0.717, 1.165) is 30.2 Å². The summed E-state index contributed by atoms with van der Waals surface area (Å²) in [7, 11) is 0. The Bertz CT molecular complexity index is 725. The molecule has 22 heavy (non-hydrogen) atoms. The van der Waals surface area contributed by atoms with E-state index in [-0.39, 0.29) is 5.76 Å². The van der Waals surface area contributed by atoms with E-state index < -0.39 is 17.4 Å². The molecule has 5 nitrogen and oxygen atoms in total. The van der Waals surface area contributed by atoms with Crippen molar-refractivity contribution in [3.8, 4) is 0 Å². The van der Waals surface area contributed by atoms with Gasteiger partial charge in [-0.1, -0.05) is 30.9 Å². The highest BCUT2D eigenvalue weighted by atomic mass is 16.4. The SMILES string of the molecule is Cc1ccc2oc(C(=O)NC3(C(=O)O)CCCCC3)cc2c1. The minimum Gasteiger partial charge on any atom is -0.480 e. The zero-order chi connectivity index (χ0) is 15.7. The Morgan fingerprint density at radius 2 is 1.91 bits per heavy atom. The van der Waals surface area contributed by atoms with Gasteiger partial charge in [-0.2, -0.15) is 0 Å². The average Bonchev–Trinajstić information content (AvgIpc) is 2.91. The molecule has 2 aromatic rings. The summed E-state index contributed by atoms with van der Waals surface area (Å²) in [5.74, 6) is -1.27. The number of carboxylic acid groups (broad SMARTS) is 1. The number of carbonyl (C=O) groups excluding carboxylic acids is 1. The number of hydrogen-bond donors (Lipinski definition) is 2. The number of hydrogen-bond acceptors (Lipinski definition) is 3. The first kappa shape index (κ1) is 14.6. The van der Waals surface area contributed by atoms with Gasteiger partial charge in [0.25, 0.3) is 5.91 Å². The largest absolute Gasteiger partial charge is 0.480 e. The summed E-state index contributed by atoms with van der Waals surface area (Å²) in [5.41, 5.74) is 0.544. The van der Waals surface area contributed by atoms with Crippen molar-refractivity contribution < 1.29 is 19.1 Å². The Morgan fingerprint density at radius 1 is 1.18 bits per heavy atom. The number of carboxylic acids is 1. The molecule has 1 fully saturated rings. The number of aliphatic carboxylic acids is 1. The second kappa shape index (κ2) is 5.48. The Labute approximate surface area is 128 Å². The maximum atomic E-state index is 12.4. The van der Waals surface area contributed by atoms with Crippen LogP contribution in [0.1, 0.15) is 48.2 Å². The van der Waals surface area contributed by atoms with Gasteiger partial charge in [0.15, 0.2) is 5.76 Å². The lowest BCUT2D eigenvalue weighted by molar-refractivity contribution is -0.145. The summed E-state index contributed by atoms with van der Waals surface area (Å²) in [6.07, 6.45) is 3.56. The van der Waals surface area contributed by atoms with E-state index in [1.807, 2.05) is 25.1 Å². The molecule has 0 bridgehead atoms. The van der Waals surface area contributed by atoms with Gasteiger partial charge in [0.05, 0.1) is 0 Å². The first-order valence-electron chi connectivity index (χ1n) is 7.56. The molecule has 0 spiro atoms. The topological polar surface area (TPSA) is 79.5 Å². The van der Waals surface area contributed by atoms with Crippen molar-refractivity contribution in [2.45, 2.75) is 44.6 Å². The normalized spacial score (nSPS) is 17.3. The van der Waals surface area contributed by atoms with Crippen LogP contribution >= 0.6 is 0 Å². The highest BCUT2D eigenvalue weighted by molar-refractivity contribution is 5.99. The number of aryl methyl sites for hydroxylation is 1. The molecular weight excluding hydrogens is 282 g/mol. The lowest BCUT2D eigenvalue weighted by Crippen LogP contribution is -2.55. The third-order valence-electron chi connectivity index (χ3n) is 4.36. The predicted molar refractivity (Wildman–Crippen MR) is 81.9 cm³/mol. The predicted octanol–water partition coefficient (Wildman–Crippen LogP) is 3.26. The Kier molecular flexibility index (Phi) is 3.64. The smallest absolute Gasteiger partial charge is 0.329 e. The van der Waals surface area contributed by atoms with Crippen LogP contribution in [0.4, 0.5) is 0 Å². The van der Waals surface area contributed by atoms with E-state index in [2.05, 4.69) is 5.32 Å². The van der Waals surface area contributed by atoms with Crippen LogP contribution < -0.4 is 5.32 Å². The molecule has 3 rings (SSSR count). The van der Waals surface area contributed by atoms with Gasteiger partial charge >= 0.3 is 5.97 Å². The van der Waals surface area contributed by atoms with E-state index in [1.165, 1.54) is 0 Å². The standard InChI is InChI=1S/C17H19NO4/c1-11-5-6-13-12(9-11)10-14(22-13)15(19)18-17(16(20)21)7-3-2-4-8-17/h5-6,9-10H,2-4,7-8H2,1H3,(H,18,19)(H,20,21). The van der Waals surface area contributed by atoms with Gasteiger partial charge in [0.1, 0.15) is 11.1 Å². The number of fused-ring (bicyclic) bond motifs is 1. The van der Waals surface area contributed by atoms with Crippen molar-refractivity contribution in [1.29, 1.82) is 0 Å². The highest BCUT2D eigenvalue weighted by Crippen LogP contribution is 2.29. The van der Waals surface area contributed by atoms with Gasteiger partial charge in [0.2, 0.25) is 0 Å². The molecule has 0 aliphatic heterocycles. The van der Waals surface area contributed by atoms with Crippen LogP contribution in [0.2, 0.25) is 0 Å². The van der Waals surface area contributed by atoms with E-state index in [0.29, 0.717) is 18.4 Å². The maximum Gasteiger partial charge on any atom is 0.329 e. The van der Waals surface area contributed by atoms with Crippen LogP contribution in [0, 0.1) is 6.92 Å². The molecule has 1 heterocycles. The Balaban J connectivity index is 1.86. The summed E-state index contributed by atoms with van der Waals surface area (Å²) in [6, 6.07) is 7.32. The quantitative estimate of drug-likeness (QED) is 0.912. The molecule has 1 amide bonds. The maximum absolute atomic E-state index is 12.4. The molecule has 2 N–H and O–H groups in total. The molecule has 0 saturated heterocycles. The van der Waals surface area contributed by atoms with Crippen LogP contribution in [0.3, 0.4) is 0 Å². The number of carbonyl (C=O) groups is 2. The number of rotatable bonds is 3. The number of amides is 1. The van der Waals surface area contributed by atoms with E-state index in [4.69, 9.17) is 4.42 Å². The second-order valence-corrected chi connectivity index (χ2v) is 6.05. The minimum atomic E-state index is -1.16. The fourth-order valence-electron chi connectivity index (χ4n) is 3.10. The van der Waals surface area contributed by atoms with Crippen LogP contribution in [-0.4, -0.2) is 22.5 Å². The monoisotopic (exact) mass is 301 g/mol.